The number of H-pyrrole nitrogens is 1. The van der Waals surface area contributed by atoms with Gasteiger partial charge in [0.15, 0.2) is 0 Å². The van der Waals surface area contributed by atoms with Crippen molar-refractivity contribution in [3.05, 3.63) is 51.8 Å². The highest BCUT2D eigenvalue weighted by Crippen LogP contribution is 2.44. The lowest BCUT2D eigenvalue weighted by atomic mass is 9.77. The minimum atomic E-state index is -0.171. The van der Waals surface area contributed by atoms with Crippen LogP contribution < -0.4 is 0 Å². The molecule has 0 amide bonds. The molecule has 2 aliphatic rings. The maximum absolute atomic E-state index is 6.35. The van der Waals surface area contributed by atoms with E-state index in [1.807, 2.05) is 13.0 Å². The second-order valence-electron chi connectivity index (χ2n) is 7.21. The van der Waals surface area contributed by atoms with Crippen LogP contribution in [0.3, 0.4) is 0 Å². The molecule has 2 aromatic rings. The molecule has 1 spiro atoms. The average molecular weight is 346 g/mol. The van der Waals surface area contributed by atoms with Crippen LogP contribution in [0.2, 0.25) is 5.02 Å². The number of likely N-dealkylation sites (tertiary alicyclic amines) is 1. The third kappa shape index (κ3) is 2.87. The highest BCUT2D eigenvalue weighted by atomic mass is 35.5. The number of halogens is 1. The van der Waals surface area contributed by atoms with Crippen molar-refractivity contribution in [1.29, 1.82) is 0 Å². The Morgan fingerprint density at radius 3 is 3.04 bits per heavy atom. The third-order valence-electron chi connectivity index (χ3n) is 5.49. The van der Waals surface area contributed by atoms with Crippen molar-refractivity contribution in [2.45, 2.75) is 51.3 Å². The first-order valence-electron chi connectivity index (χ1n) is 8.73. The Balaban J connectivity index is 1.55. The van der Waals surface area contributed by atoms with Gasteiger partial charge in [0.2, 0.25) is 0 Å². The molecule has 4 rings (SSSR count). The van der Waals surface area contributed by atoms with Crippen molar-refractivity contribution in [3.63, 3.8) is 0 Å². The zero-order chi connectivity index (χ0) is 16.7. The van der Waals surface area contributed by atoms with Gasteiger partial charge in [-0.15, -0.1) is 0 Å². The fourth-order valence-electron chi connectivity index (χ4n) is 4.25. The highest BCUT2D eigenvalue weighted by molar-refractivity contribution is 6.30. The zero-order valence-corrected chi connectivity index (χ0v) is 15.1. The summed E-state index contributed by atoms with van der Waals surface area (Å²) in [6.07, 6.45) is 3.00. The summed E-state index contributed by atoms with van der Waals surface area (Å²) in [5.41, 5.74) is 4.77. The summed E-state index contributed by atoms with van der Waals surface area (Å²) in [4.78, 5) is 2.50. The van der Waals surface area contributed by atoms with E-state index in [1.165, 1.54) is 11.1 Å². The summed E-state index contributed by atoms with van der Waals surface area (Å²) in [7, 11) is 0. The Kier molecular flexibility index (Phi) is 4.15. The van der Waals surface area contributed by atoms with Gasteiger partial charge in [0.1, 0.15) is 0 Å². The number of nitrogens with one attached hydrogen (secondary N) is 1. The summed E-state index contributed by atoms with van der Waals surface area (Å²) in [5.74, 6) is 0. The summed E-state index contributed by atoms with van der Waals surface area (Å²) >= 11 is 6.28. The van der Waals surface area contributed by atoms with Crippen LogP contribution in [0.4, 0.5) is 0 Å². The standard InChI is InChI=1S/C19H24ClN3O/c1-13-9-17(22-21-13)12-23-7-6-19(11-14(23)2)18-10-16(20)4-3-15(18)5-8-24-19/h3-4,9-10,14H,5-8,11-12H2,1-2H3,(H,21,22)/t14-,19+/m0/s1. The second-order valence-corrected chi connectivity index (χ2v) is 7.65. The molecule has 3 heterocycles. The maximum Gasteiger partial charge on any atom is 0.0961 e. The third-order valence-corrected chi connectivity index (χ3v) is 5.72. The van der Waals surface area contributed by atoms with E-state index in [0.717, 1.165) is 55.4 Å². The van der Waals surface area contributed by atoms with E-state index in [-0.39, 0.29) is 5.60 Å². The molecule has 1 fully saturated rings. The number of rotatable bonds is 2. The van der Waals surface area contributed by atoms with E-state index < -0.39 is 0 Å². The summed E-state index contributed by atoms with van der Waals surface area (Å²) in [6, 6.07) is 8.86. The number of ether oxygens (including phenoxy) is 1. The number of piperidine rings is 1. The molecule has 0 saturated carbocycles. The Hall–Kier alpha value is -1.36. The van der Waals surface area contributed by atoms with Gasteiger partial charge in [0, 0.05) is 29.8 Å². The van der Waals surface area contributed by atoms with Crippen LogP contribution in [0.15, 0.2) is 24.3 Å². The molecule has 2 aliphatic heterocycles. The highest BCUT2D eigenvalue weighted by Gasteiger charge is 2.43. The van der Waals surface area contributed by atoms with Crippen molar-refractivity contribution in [3.8, 4) is 0 Å². The molecule has 0 bridgehead atoms. The normalized spacial score (nSPS) is 27.4. The van der Waals surface area contributed by atoms with Gasteiger partial charge < -0.3 is 4.74 Å². The summed E-state index contributed by atoms with van der Waals surface area (Å²) in [5, 5.41) is 8.22. The van der Waals surface area contributed by atoms with E-state index in [0.29, 0.717) is 6.04 Å². The molecule has 128 valence electrons. The lowest BCUT2D eigenvalue weighted by Gasteiger charge is -2.48. The topological polar surface area (TPSA) is 41.1 Å². The molecule has 2 atom stereocenters. The van der Waals surface area contributed by atoms with E-state index in [4.69, 9.17) is 16.3 Å². The first-order chi connectivity index (χ1) is 11.6. The predicted octanol–water partition coefficient (Wildman–Crippen LogP) is 3.82. The maximum atomic E-state index is 6.35. The van der Waals surface area contributed by atoms with E-state index in [9.17, 15) is 0 Å². The van der Waals surface area contributed by atoms with Crippen LogP contribution in [0.5, 0.6) is 0 Å². The number of aromatic nitrogens is 2. The molecular weight excluding hydrogens is 322 g/mol. The van der Waals surface area contributed by atoms with Crippen molar-refractivity contribution < 1.29 is 4.74 Å². The minimum Gasteiger partial charge on any atom is -0.370 e. The van der Waals surface area contributed by atoms with Crippen LogP contribution in [-0.2, 0) is 23.3 Å². The van der Waals surface area contributed by atoms with Gasteiger partial charge in [-0.25, -0.2) is 0 Å². The monoisotopic (exact) mass is 345 g/mol. The second kappa shape index (κ2) is 6.17. The summed E-state index contributed by atoms with van der Waals surface area (Å²) < 4.78 is 6.35. The van der Waals surface area contributed by atoms with Gasteiger partial charge in [0.05, 0.1) is 17.9 Å². The van der Waals surface area contributed by atoms with E-state index in [2.05, 4.69) is 40.2 Å². The predicted molar refractivity (Wildman–Crippen MR) is 95.2 cm³/mol. The molecule has 1 aromatic carbocycles. The molecule has 0 radical (unpaired) electrons. The van der Waals surface area contributed by atoms with Gasteiger partial charge in [-0.05, 0) is 62.4 Å². The van der Waals surface area contributed by atoms with Crippen LogP contribution in [0, 0.1) is 6.92 Å². The molecule has 1 saturated heterocycles. The molecule has 1 aromatic heterocycles. The molecular formula is C19H24ClN3O. The average Bonchev–Trinajstić information content (AvgIpc) is 2.96. The van der Waals surface area contributed by atoms with Gasteiger partial charge >= 0.3 is 0 Å². The smallest absolute Gasteiger partial charge is 0.0961 e. The Bertz CT molecular complexity index is 744. The van der Waals surface area contributed by atoms with Crippen molar-refractivity contribution in [1.82, 2.24) is 15.1 Å². The Labute approximate surface area is 148 Å². The summed E-state index contributed by atoms with van der Waals surface area (Å²) in [6.45, 7) is 7.05. The molecule has 0 aliphatic carbocycles. The quantitative estimate of drug-likeness (QED) is 0.899. The first-order valence-corrected chi connectivity index (χ1v) is 9.11. The molecule has 5 heteroatoms. The molecule has 0 unspecified atom stereocenters. The Morgan fingerprint density at radius 2 is 2.29 bits per heavy atom. The molecule has 1 N–H and O–H groups in total. The number of aryl methyl sites for hydroxylation is 1. The zero-order valence-electron chi connectivity index (χ0n) is 14.3. The lowest BCUT2D eigenvalue weighted by Crippen LogP contribution is -2.50. The molecule has 4 nitrogen and oxygen atoms in total. The number of aromatic amines is 1. The lowest BCUT2D eigenvalue weighted by molar-refractivity contribution is -0.113. The van der Waals surface area contributed by atoms with Crippen LogP contribution >= 0.6 is 11.6 Å². The van der Waals surface area contributed by atoms with E-state index >= 15 is 0 Å². The molecule has 24 heavy (non-hydrogen) atoms. The first kappa shape index (κ1) is 16.1. The van der Waals surface area contributed by atoms with Crippen molar-refractivity contribution >= 4 is 11.6 Å². The number of hydrogen-bond donors (Lipinski definition) is 1. The number of hydrogen-bond acceptors (Lipinski definition) is 3. The van der Waals surface area contributed by atoms with Gasteiger partial charge in [-0.2, -0.15) is 5.10 Å². The Morgan fingerprint density at radius 1 is 1.42 bits per heavy atom. The van der Waals surface area contributed by atoms with Crippen LogP contribution in [-0.4, -0.2) is 34.3 Å². The van der Waals surface area contributed by atoms with Gasteiger partial charge in [-0.1, -0.05) is 17.7 Å². The van der Waals surface area contributed by atoms with Gasteiger partial charge in [-0.3, -0.25) is 10.00 Å². The largest absolute Gasteiger partial charge is 0.370 e. The fourth-order valence-corrected chi connectivity index (χ4v) is 4.42. The van der Waals surface area contributed by atoms with Crippen LogP contribution in [0.25, 0.3) is 0 Å². The number of nitrogens with zero attached hydrogens (tertiary/aromatic N) is 2. The van der Waals surface area contributed by atoms with Crippen molar-refractivity contribution in [2.75, 3.05) is 13.2 Å². The fraction of sp³-hybridized carbons (Fsp3) is 0.526. The van der Waals surface area contributed by atoms with Crippen molar-refractivity contribution in [2.24, 2.45) is 0 Å². The van der Waals surface area contributed by atoms with E-state index in [1.54, 1.807) is 0 Å². The van der Waals surface area contributed by atoms with Crippen LogP contribution in [0.1, 0.15) is 42.3 Å². The number of benzene rings is 1. The SMILES string of the molecule is Cc1cc(CN2CC[C@]3(C[C@@H]2C)OCCc2ccc(Cl)cc23)n[nH]1. The minimum absolute atomic E-state index is 0.171. The van der Waals surface area contributed by atoms with Gasteiger partial charge in [0.25, 0.3) is 0 Å². The number of fused-ring (bicyclic) bond motifs is 2.